The molecular formula is C28H25ClN2O4S. The van der Waals surface area contributed by atoms with Crippen LogP contribution in [0.3, 0.4) is 0 Å². The first-order valence-corrected chi connectivity index (χ1v) is 13.2. The number of nitrogens with one attached hydrogen (secondary N) is 1. The highest BCUT2D eigenvalue weighted by Crippen LogP contribution is 2.33. The molecule has 0 atom stereocenters. The van der Waals surface area contributed by atoms with Gasteiger partial charge >= 0.3 is 0 Å². The van der Waals surface area contributed by atoms with E-state index in [1.54, 1.807) is 30.3 Å². The van der Waals surface area contributed by atoms with Crippen molar-refractivity contribution < 1.29 is 17.9 Å². The maximum atomic E-state index is 13.7. The molecule has 4 aromatic rings. The second kappa shape index (κ2) is 11.3. The first-order valence-electron chi connectivity index (χ1n) is 11.3. The summed E-state index contributed by atoms with van der Waals surface area (Å²) in [6, 6.07) is 29.6. The average Bonchev–Trinajstić information content (AvgIpc) is 2.89. The molecule has 0 aliphatic carbocycles. The molecule has 0 aliphatic rings. The Hall–Kier alpha value is -3.81. The molecule has 0 radical (unpaired) electrons. The largest absolute Gasteiger partial charge is 0.492 e. The van der Waals surface area contributed by atoms with Crippen LogP contribution in [-0.2, 0) is 14.8 Å². The van der Waals surface area contributed by atoms with Crippen LogP contribution in [0.15, 0.2) is 108 Å². The summed E-state index contributed by atoms with van der Waals surface area (Å²) in [6.07, 6.45) is 0. The fourth-order valence-electron chi connectivity index (χ4n) is 3.76. The van der Waals surface area contributed by atoms with Crippen molar-refractivity contribution in [3.05, 3.63) is 108 Å². The molecule has 1 amide bonds. The number of hydrogen-bond acceptors (Lipinski definition) is 4. The molecule has 0 saturated heterocycles. The van der Waals surface area contributed by atoms with Crippen molar-refractivity contribution in [2.45, 2.75) is 11.8 Å². The van der Waals surface area contributed by atoms with E-state index in [0.29, 0.717) is 23.1 Å². The summed E-state index contributed by atoms with van der Waals surface area (Å²) >= 11 is 5.97. The fraction of sp³-hybridized carbons (Fsp3) is 0.107. The van der Waals surface area contributed by atoms with E-state index in [0.717, 1.165) is 15.4 Å². The Morgan fingerprint density at radius 3 is 2.22 bits per heavy atom. The molecule has 0 heterocycles. The van der Waals surface area contributed by atoms with Gasteiger partial charge in [-0.05, 0) is 55.0 Å². The lowest BCUT2D eigenvalue weighted by atomic mass is 10.0. The molecule has 6 nitrogen and oxygen atoms in total. The van der Waals surface area contributed by atoms with Gasteiger partial charge in [0, 0.05) is 16.3 Å². The standard InChI is InChI=1S/C28H25ClN2O4S/c1-2-35-27-15-9-8-14-26(27)31(36(33,34)23-18-16-22(29)17-19-23)20-28(32)30-25-13-7-6-12-24(25)21-10-4-3-5-11-21/h3-19H,2,20H2,1H3,(H,30,32). The summed E-state index contributed by atoms with van der Waals surface area (Å²) in [7, 11) is -4.13. The summed E-state index contributed by atoms with van der Waals surface area (Å²) in [5.74, 6) is -0.141. The van der Waals surface area contributed by atoms with Crippen LogP contribution in [0.4, 0.5) is 11.4 Å². The summed E-state index contributed by atoms with van der Waals surface area (Å²) in [6.45, 7) is 1.68. The monoisotopic (exact) mass is 520 g/mol. The van der Waals surface area contributed by atoms with Gasteiger partial charge in [0.2, 0.25) is 5.91 Å². The van der Waals surface area contributed by atoms with Crippen molar-refractivity contribution >= 4 is 38.9 Å². The lowest BCUT2D eigenvalue weighted by Gasteiger charge is -2.26. The third-order valence-corrected chi connectivity index (χ3v) is 7.43. The molecule has 8 heteroatoms. The third kappa shape index (κ3) is 5.70. The third-order valence-electron chi connectivity index (χ3n) is 5.41. The van der Waals surface area contributed by atoms with Crippen LogP contribution in [0.2, 0.25) is 5.02 Å². The Bertz CT molecular complexity index is 1440. The van der Waals surface area contributed by atoms with Crippen molar-refractivity contribution in [1.82, 2.24) is 0 Å². The van der Waals surface area contributed by atoms with Crippen molar-refractivity contribution in [3.8, 4) is 16.9 Å². The van der Waals surface area contributed by atoms with Crippen molar-refractivity contribution in [2.75, 3.05) is 22.8 Å². The van der Waals surface area contributed by atoms with Gasteiger partial charge in [0.15, 0.2) is 0 Å². The number of carbonyl (C=O) groups is 1. The summed E-state index contributed by atoms with van der Waals surface area (Å²) in [5.41, 5.74) is 2.60. The number of halogens is 1. The molecule has 0 aliphatic heterocycles. The second-order valence-electron chi connectivity index (χ2n) is 7.83. The molecule has 1 N–H and O–H groups in total. The number of benzene rings is 4. The van der Waals surface area contributed by atoms with Gasteiger partial charge in [-0.25, -0.2) is 8.42 Å². The number of anilines is 2. The van der Waals surface area contributed by atoms with E-state index in [1.165, 1.54) is 24.3 Å². The minimum absolute atomic E-state index is 0.00990. The first kappa shape index (κ1) is 25.3. The molecule has 0 bridgehead atoms. The van der Waals surface area contributed by atoms with E-state index in [-0.39, 0.29) is 10.6 Å². The number of para-hydroxylation sites is 3. The molecule has 0 saturated carbocycles. The van der Waals surface area contributed by atoms with Gasteiger partial charge < -0.3 is 10.1 Å². The summed E-state index contributed by atoms with van der Waals surface area (Å²) in [5, 5.41) is 3.29. The Morgan fingerprint density at radius 2 is 1.50 bits per heavy atom. The number of carbonyl (C=O) groups excluding carboxylic acids is 1. The number of amides is 1. The predicted octanol–water partition coefficient (Wildman–Crippen LogP) is 6.24. The van der Waals surface area contributed by atoms with Gasteiger partial charge in [0.1, 0.15) is 12.3 Å². The number of rotatable bonds is 9. The van der Waals surface area contributed by atoms with Crippen LogP contribution in [0.25, 0.3) is 11.1 Å². The van der Waals surface area contributed by atoms with E-state index in [1.807, 2.05) is 55.5 Å². The molecule has 4 aromatic carbocycles. The molecule has 0 unspecified atom stereocenters. The molecule has 0 aromatic heterocycles. The van der Waals surface area contributed by atoms with Crippen LogP contribution in [-0.4, -0.2) is 27.5 Å². The summed E-state index contributed by atoms with van der Waals surface area (Å²) in [4.78, 5) is 13.3. The average molecular weight is 521 g/mol. The van der Waals surface area contributed by atoms with E-state index in [9.17, 15) is 13.2 Å². The van der Waals surface area contributed by atoms with Crippen LogP contribution < -0.4 is 14.4 Å². The number of sulfonamides is 1. The Labute approximate surface area is 216 Å². The maximum absolute atomic E-state index is 13.7. The zero-order valence-corrected chi connectivity index (χ0v) is 21.2. The van der Waals surface area contributed by atoms with Crippen molar-refractivity contribution in [1.29, 1.82) is 0 Å². The molecular weight excluding hydrogens is 496 g/mol. The number of ether oxygens (including phenoxy) is 1. The zero-order chi connectivity index (χ0) is 25.5. The quantitative estimate of drug-likeness (QED) is 0.283. The highest BCUT2D eigenvalue weighted by Gasteiger charge is 2.29. The lowest BCUT2D eigenvalue weighted by Crippen LogP contribution is -2.38. The van der Waals surface area contributed by atoms with Crippen LogP contribution in [0.1, 0.15) is 6.92 Å². The Kier molecular flexibility index (Phi) is 7.93. The highest BCUT2D eigenvalue weighted by molar-refractivity contribution is 7.92. The van der Waals surface area contributed by atoms with Gasteiger partial charge in [-0.3, -0.25) is 9.10 Å². The van der Waals surface area contributed by atoms with Gasteiger partial charge in [-0.1, -0.05) is 72.3 Å². The van der Waals surface area contributed by atoms with E-state index in [2.05, 4.69) is 5.32 Å². The highest BCUT2D eigenvalue weighted by atomic mass is 35.5. The zero-order valence-electron chi connectivity index (χ0n) is 19.6. The minimum Gasteiger partial charge on any atom is -0.492 e. The van der Waals surface area contributed by atoms with Crippen LogP contribution >= 0.6 is 11.6 Å². The summed E-state index contributed by atoms with van der Waals surface area (Å²) < 4.78 is 34.2. The molecule has 0 fully saturated rings. The van der Waals surface area contributed by atoms with Crippen molar-refractivity contribution in [3.63, 3.8) is 0 Å². The Morgan fingerprint density at radius 1 is 0.861 bits per heavy atom. The first-order chi connectivity index (χ1) is 17.4. The minimum atomic E-state index is -4.13. The van der Waals surface area contributed by atoms with E-state index < -0.39 is 22.5 Å². The SMILES string of the molecule is CCOc1ccccc1N(CC(=O)Nc1ccccc1-c1ccccc1)S(=O)(=O)c1ccc(Cl)cc1. The van der Waals surface area contributed by atoms with Gasteiger partial charge in [0.05, 0.1) is 17.2 Å². The van der Waals surface area contributed by atoms with Crippen molar-refractivity contribution in [2.24, 2.45) is 0 Å². The normalized spacial score (nSPS) is 11.1. The number of nitrogens with zero attached hydrogens (tertiary/aromatic N) is 1. The van der Waals surface area contributed by atoms with Gasteiger partial charge in [-0.2, -0.15) is 0 Å². The van der Waals surface area contributed by atoms with E-state index >= 15 is 0 Å². The predicted molar refractivity (Wildman–Crippen MR) is 144 cm³/mol. The molecule has 36 heavy (non-hydrogen) atoms. The van der Waals surface area contributed by atoms with Gasteiger partial charge in [0.25, 0.3) is 10.0 Å². The smallest absolute Gasteiger partial charge is 0.264 e. The second-order valence-corrected chi connectivity index (χ2v) is 10.1. The molecule has 0 spiro atoms. The number of hydrogen-bond donors (Lipinski definition) is 1. The lowest BCUT2D eigenvalue weighted by molar-refractivity contribution is -0.114. The van der Waals surface area contributed by atoms with Gasteiger partial charge in [-0.15, -0.1) is 0 Å². The molecule has 184 valence electrons. The fourth-order valence-corrected chi connectivity index (χ4v) is 5.31. The Balaban J connectivity index is 1.70. The van der Waals surface area contributed by atoms with Crippen LogP contribution in [0, 0.1) is 0 Å². The van der Waals surface area contributed by atoms with E-state index in [4.69, 9.17) is 16.3 Å². The molecule has 4 rings (SSSR count). The van der Waals surface area contributed by atoms with Crippen LogP contribution in [0.5, 0.6) is 5.75 Å². The topological polar surface area (TPSA) is 75.7 Å². The maximum Gasteiger partial charge on any atom is 0.264 e.